The lowest BCUT2D eigenvalue weighted by Crippen LogP contribution is -2.52. The number of benzene rings is 1. The molecule has 2 aliphatic carbocycles. The van der Waals surface area contributed by atoms with Crippen molar-refractivity contribution in [2.24, 2.45) is 28.6 Å². The van der Waals surface area contributed by atoms with Gasteiger partial charge in [-0.25, -0.2) is 0 Å². The van der Waals surface area contributed by atoms with E-state index in [1.165, 1.54) is 32.1 Å². The quantitative estimate of drug-likeness (QED) is 0.648. The SMILES string of the molecule is COc1cc(OC)cc(OCC2C(C)CCC3C(C)(C)CCCC23C)c1. The lowest BCUT2D eigenvalue weighted by molar-refractivity contribution is -0.105. The Morgan fingerprint density at radius 1 is 0.923 bits per heavy atom. The lowest BCUT2D eigenvalue weighted by Gasteiger charge is -2.59. The van der Waals surface area contributed by atoms with E-state index < -0.39 is 0 Å². The zero-order valence-electron chi connectivity index (χ0n) is 17.4. The normalized spacial score (nSPS) is 33.2. The highest BCUT2D eigenvalue weighted by Gasteiger charge is 2.53. The van der Waals surface area contributed by atoms with E-state index in [0.717, 1.165) is 29.8 Å². The first-order valence-electron chi connectivity index (χ1n) is 10.2. The second-order valence-electron chi connectivity index (χ2n) is 9.42. The Hall–Kier alpha value is -1.38. The van der Waals surface area contributed by atoms with Gasteiger partial charge < -0.3 is 14.2 Å². The first-order chi connectivity index (χ1) is 12.3. The summed E-state index contributed by atoms with van der Waals surface area (Å²) in [7, 11) is 3.36. The van der Waals surface area contributed by atoms with Gasteiger partial charge in [0.15, 0.2) is 0 Å². The Kier molecular flexibility index (Phi) is 5.46. The molecule has 0 N–H and O–H groups in total. The van der Waals surface area contributed by atoms with E-state index in [9.17, 15) is 0 Å². The molecule has 1 aromatic rings. The van der Waals surface area contributed by atoms with Gasteiger partial charge >= 0.3 is 0 Å². The van der Waals surface area contributed by atoms with E-state index in [1.807, 2.05) is 18.2 Å². The van der Waals surface area contributed by atoms with Crippen molar-refractivity contribution in [2.45, 2.75) is 59.8 Å². The Bertz CT molecular complexity index is 602. The van der Waals surface area contributed by atoms with Crippen molar-refractivity contribution in [1.82, 2.24) is 0 Å². The summed E-state index contributed by atoms with van der Waals surface area (Å²) < 4.78 is 17.1. The number of ether oxygens (including phenoxy) is 3. The molecule has 0 aromatic heterocycles. The van der Waals surface area contributed by atoms with E-state index in [2.05, 4.69) is 27.7 Å². The molecule has 0 saturated heterocycles. The van der Waals surface area contributed by atoms with Crippen molar-refractivity contribution in [3.05, 3.63) is 18.2 Å². The van der Waals surface area contributed by atoms with Crippen molar-refractivity contribution < 1.29 is 14.2 Å². The van der Waals surface area contributed by atoms with Gasteiger partial charge in [-0.05, 0) is 48.3 Å². The van der Waals surface area contributed by atoms with Crippen LogP contribution in [0.25, 0.3) is 0 Å². The first-order valence-corrected chi connectivity index (χ1v) is 10.2. The summed E-state index contributed by atoms with van der Waals surface area (Å²) in [6.07, 6.45) is 6.73. The van der Waals surface area contributed by atoms with E-state index in [-0.39, 0.29) is 0 Å². The summed E-state index contributed by atoms with van der Waals surface area (Å²) in [6, 6.07) is 5.80. The molecule has 146 valence electrons. The first kappa shape index (κ1) is 19.4. The van der Waals surface area contributed by atoms with E-state index in [0.29, 0.717) is 22.7 Å². The zero-order chi connectivity index (χ0) is 18.9. The maximum atomic E-state index is 6.32. The van der Waals surface area contributed by atoms with Gasteiger partial charge in [0, 0.05) is 24.1 Å². The Balaban J connectivity index is 1.79. The zero-order valence-corrected chi connectivity index (χ0v) is 17.4. The predicted molar refractivity (Wildman–Crippen MR) is 106 cm³/mol. The smallest absolute Gasteiger partial charge is 0.126 e. The molecule has 3 rings (SSSR count). The number of fused-ring (bicyclic) bond motifs is 1. The van der Waals surface area contributed by atoms with Crippen LogP contribution in [0, 0.1) is 28.6 Å². The molecule has 3 heteroatoms. The van der Waals surface area contributed by atoms with Gasteiger partial charge in [0.1, 0.15) is 17.2 Å². The molecule has 4 atom stereocenters. The summed E-state index contributed by atoms with van der Waals surface area (Å²) >= 11 is 0. The average Bonchev–Trinajstić information content (AvgIpc) is 2.59. The van der Waals surface area contributed by atoms with Gasteiger partial charge in [0.05, 0.1) is 20.8 Å². The van der Waals surface area contributed by atoms with Crippen molar-refractivity contribution in [3.63, 3.8) is 0 Å². The highest BCUT2D eigenvalue weighted by molar-refractivity contribution is 5.42. The van der Waals surface area contributed by atoms with Crippen molar-refractivity contribution in [3.8, 4) is 17.2 Å². The number of hydrogen-bond acceptors (Lipinski definition) is 3. The fourth-order valence-corrected chi connectivity index (χ4v) is 6.02. The molecule has 0 aliphatic heterocycles. The fraction of sp³-hybridized carbons (Fsp3) is 0.739. The number of hydrogen-bond donors (Lipinski definition) is 0. The van der Waals surface area contributed by atoms with Crippen LogP contribution in [-0.2, 0) is 0 Å². The van der Waals surface area contributed by atoms with Gasteiger partial charge in [-0.15, -0.1) is 0 Å². The van der Waals surface area contributed by atoms with Crippen LogP contribution >= 0.6 is 0 Å². The average molecular weight is 361 g/mol. The van der Waals surface area contributed by atoms with Crippen molar-refractivity contribution in [1.29, 1.82) is 0 Å². The van der Waals surface area contributed by atoms with Crippen LogP contribution in [0.2, 0.25) is 0 Å². The molecule has 0 radical (unpaired) electrons. The predicted octanol–water partition coefficient (Wildman–Crippen LogP) is 5.96. The molecule has 26 heavy (non-hydrogen) atoms. The van der Waals surface area contributed by atoms with Crippen LogP contribution in [0.3, 0.4) is 0 Å². The van der Waals surface area contributed by atoms with Gasteiger partial charge in [-0.3, -0.25) is 0 Å². The van der Waals surface area contributed by atoms with Crippen LogP contribution in [0.5, 0.6) is 17.2 Å². The molecular weight excluding hydrogens is 324 g/mol. The van der Waals surface area contributed by atoms with Crippen LogP contribution < -0.4 is 14.2 Å². The Morgan fingerprint density at radius 2 is 1.54 bits per heavy atom. The van der Waals surface area contributed by atoms with E-state index >= 15 is 0 Å². The molecule has 2 fully saturated rings. The minimum Gasteiger partial charge on any atom is -0.496 e. The molecule has 4 unspecified atom stereocenters. The van der Waals surface area contributed by atoms with Gasteiger partial charge in [-0.2, -0.15) is 0 Å². The van der Waals surface area contributed by atoms with Crippen molar-refractivity contribution >= 4 is 0 Å². The molecule has 0 heterocycles. The molecule has 0 amide bonds. The largest absolute Gasteiger partial charge is 0.496 e. The minimum absolute atomic E-state index is 0.377. The molecule has 2 aliphatic rings. The summed E-state index contributed by atoms with van der Waals surface area (Å²) in [6.45, 7) is 10.7. The minimum atomic E-state index is 0.377. The molecule has 0 bridgehead atoms. The van der Waals surface area contributed by atoms with Crippen molar-refractivity contribution in [2.75, 3.05) is 20.8 Å². The van der Waals surface area contributed by atoms with Gasteiger partial charge in [0.25, 0.3) is 0 Å². The van der Waals surface area contributed by atoms with Crippen LogP contribution in [0.4, 0.5) is 0 Å². The second-order valence-corrected chi connectivity index (χ2v) is 9.42. The Morgan fingerprint density at radius 3 is 2.15 bits per heavy atom. The summed E-state index contributed by atoms with van der Waals surface area (Å²) in [5.41, 5.74) is 0.826. The Labute approximate surface area is 159 Å². The van der Waals surface area contributed by atoms with Gasteiger partial charge in [-0.1, -0.05) is 34.1 Å². The third-order valence-corrected chi connectivity index (χ3v) is 7.48. The maximum Gasteiger partial charge on any atom is 0.126 e. The molecule has 0 spiro atoms. The summed E-state index contributed by atoms with van der Waals surface area (Å²) in [5.74, 6) is 4.50. The summed E-state index contributed by atoms with van der Waals surface area (Å²) in [4.78, 5) is 0. The van der Waals surface area contributed by atoms with E-state index in [4.69, 9.17) is 14.2 Å². The third kappa shape index (κ3) is 3.54. The fourth-order valence-electron chi connectivity index (χ4n) is 6.02. The second kappa shape index (κ2) is 7.32. The van der Waals surface area contributed by atoms with Crippen LogP contribution in [0.1, 0.15) is 59.8 Å². The highest BCUT2D eigenvalue weighted by atomic mass is 16.5. The monoisotopic (exact) mass is 360 g/mol. The van der Waals surface area contributed by atoms with Crippen LogP contribution in [0.15, 0.2) is 18.2 Å². The maximum absolute atomic E-state index is 6.32. The molecule has 1 aromatic carbocycles. The van der Waals surface area contributed by atoms with Gasteiger partial charge in [0.2, 0.25) is 0 Å². The van der Waals surface area contributed by atoms with E-state index in [1.54, 1.807) is 14.2 Å². The molecule has 3 nitrogen and oxygen atoms in total. The number of rotatable bonds is 5. The standard InChI is InChI=1S/C23H36O3/c1-16-8-9-21-22(2,3)10-7-11-23(21,4)20(16)15-26-19-13-17(24-5)12-18(14-19)25-6/h12-14,16,20-21H,7-11,15H2,1-6H3. The molecular formula is C23H36O3. The topological polar surface area (TPSA) is 27.7 Å². The summed E-state index contributed by atoms with van der Waals surface area (Å²) in [5, 5.41) is 0. The third-order valence-electron chi connectivity index (χ3n) is 7.48. The van der Waals surface area contributed by atoms with Crippen LogP contribution in [-0.4, -0.2) is 20.8 Å². The highest BCUT2D eigenvalue weighted by Crippen LogP contribution is 2.61. The number of methoxy groups -OCH3 is 2. The lowest BCUT2D eigenvalue weighted by atomic mass is 9.47. The molecule has 2 saturated carbocycles.